The van der Waals surface area contributed by atoms with Crippen molar-refractivity contribution in [3.8, 4) is 33.8 Å². The lowest BCUT2D eigenvalue weighted by Gasteiger charge is -2.15. The Morgan fingerprint density at radius 3 is 2.08 bits per heavy atom. The summed E-state index contributed by atoms with van der Waals surface area (Å²) in [5.41, 5.74) is 8.23. The van der Waals surface area contributed by atoms with Gasteiger partial charge in [-0.2, -0.15) is 0 Å². The Bertz CT molecular complexity index is 1490. The SMILES string of the molecule is CCC(=C\C1Oc2ccc(-c3ccccc3)cc2[NH+]1C)/C=C1/Oc2ccc(-c3ccccc3)cc2N1C. The highest BCUT2D eigenvalue weighted by Gasteiger charge is 2.32. The lowest BCUT2D eigenvalue weighted by atomic mass is 10.0. The number of anilines is 1. The van der Waals surface area contributed by atoms with Crippen LogP contribution in [0.15, 0.2) is 121 Å². The molecule has 4 aromatic rings. The van der Waals surface area contributed by atoms with Gasteiger partial charge in [-0.15, -0.1) is 0 Å². The maximum atomic E-state index is 6.36. The van der Waals surface area contributed by atoms with E-state index in [2.05, 4.69) is 123 Å². The minimum Gasteiger partial charge on any atom is -0.439 e. The van der Waals surface area contributed by atoms with E-state index in [1.54, 1.807) is 0 Å². The molecule has 0 radical (unpaired) electrons. The topological polar surface area (TPSA) is 26.1 Å². The Hall–Kier alpha value is -4.28. The fourth-order valence-corrected chi connectivity index (χ4v) is 5.01. The first-order chi connectivity index (χ1) is 18.1. The summed E-state index contributed by atoms with van der Waals surface area (Å²) in [7, 11) is 4.23. The summed E-state index contributed by atoms with van der Waals surface area (Å²) in [5, 5.41) is 0. The highest BCUT2D eigenvalue weighted by Crippen LogP contribution is 2.41. The van der Waals surface area contributed by atoms with E-state index in [9.17, 15) is 0 Å². The maximum absolute atomic E-state index is 6.36. The molecule has 4 aromatic carbocycles. The normalized spacial score (nSPS) is 19.4. The summed E-state index contributed by atoms with van der Waals surface area (Å²) in [5.74, 6) is 2.65. The van der Waals surface area contributed by atoms with Crippen molar-refractivity contribution in [2.45, 2.75) is 19.6 Å². The molecule has 0 spiro atoms. The number of quaternary nitrogens is 1. The van der Waals surface area contributed by atoms with E-state index < -0.39 is 0 Å². The van der Waals surface area contributed by atoms with E-state index in [1.165, 1.54) is 38.4 Å². The molecule has 0 bridgehead atoms. The van der Waals surface area contributed by atoms with E-state index in [4.69, 9.17) is 9.47 Å². The third-order valence-electron chi connectivity index (χ3n) is 7.25. The van der Waals surface area contributed by atoms with E-state index in [0.29, 0.717) is 0 Å². The number of allylic oxidation sites excluding steroid dienone is 2. The largest absolute Gasteiger partial charge is 0.439 e. The molecule has 2 unspecified atom stereocenters. The van der Waals surface area contributed by atoms with Crippen LogP contribution in [-0.2, 0) is 0 Å². The van der Waals surface area contributed by atoms with Gasteiger partial charge in [-0.05, 0) is 52.4 Å². The fraction of sp³-hybridized carbons (Fsp3) is 0.152. The van der Waals surface area contributed by atoms with Crippen LogP contribution in [0.5, 0.6) is 11.5 Å². The van der Waals surface area contributed by atoms with Crippen LogP contribution >= 0.6 is 0 Å². The van der Waals surface area contributed by atoms with Gasteiger partial charge in [0.05, 0.1) is 12.7 Å². The smallest absolute Gasteiger partial charge is 0.257 e. The summed E-state index contributed by atoms with van der Waals surface area (Å²) < 4.78 is 12.6. The van der Waals surface area contributed by atoms with Crippen LogP contribution in [0.25, 0.3) is 22.3 Å². The predicted molar refractivity (Wildman–Crippen MR) is 150 cm³/mol. The Balaban J connectivity index is 1.24. The first kappa shape index (κ1) is 23.1. The standard InChI is InChI=1S/C33H30N2O2/c1-4-23(19-32-34(2)28-21-26(15-17-30(28)36-32)24-11-7-5-8-12-24)20-33-35(3)29-22-27(16-18-31(29)37-33)25-13-9-6-10-14-25/h5-22,32H,4H2,1-3H3/p+1/b23-19+,33-20+. The Morgan fingerprint density at radius 1 is 0.811 bits per heavy atom. The van der Waals surface area contributed by atoms with E-state index >= 15 is 0 Å². The van der Waals surface area contributed by atoms with Gasteiger partial charge in [0, 0.05) is 25.3 Å². The third-order valence-corrected chi connectivity index (χ3v) is 7.25. The number of likely N-dealkylation sites (N-methyl/N-ethyl adjacent to an activating group) is 1. The molecule has 37 heavy (non-hydrogen) atoms. The van der Waals surface area contributed by atoms with Gasteiger partial charge in [-0.25, -0.2) is 0 Å². The Labute approximate surface area is 218 Å². The zero-order valence-electron chi connectivity index (χ0n) is 21.4. The number of ether oxygens (including phenoxy) is 2. The monoisotopic (exact) mass is 487 g/mol. The van der Waals surface area contributed by atoms with Gasteiger partial charge < -0.3 is 14.4 Å². The summed E-state index contributed by atoms with van der Waals surface area (Å²) in [6, 6.07) is 33.8. The van der Waals surface area contributed by atoms with Crippen molar-refractivity contribution in [1.82, 2.24) is 0 Å². The van der Waals surface area contributed by atoms with E-state index in [-0.39, 0.29) is 6.23 Å². The molecule has 1 N–H and O–H groups in total. The molecule has 0 fully saturated rings. The second-order valence-electron chi connectivity index (χ2n) is 9.59. The molecule has 6 rings (SSSR count). The molecule has 0 saturated carbocycles. The highest BCUT2D eigenvalue weighted by atomic mass is 16.5. The van der Waals surface area contributed by atoms with Crippen LogP contribution in [-0.4, -0.2) is 20.3 Å². The molecular formula is C33H31N2O2+. The zero-order valence-corrected chi connectivity index (χ0v) is 21.4. The number of fused-ring (bicyclic) bond motifs is 2. The van der Waals surface area contributed by atoms with Crippen molar-refractivity contribution >= 4 is 11.4 Å². The van der Waals surface area contributed by atoms with Gasteiger partial charge in [0.15, 0.2) is 17.2 Å². The molecule has 0 saturated heterocycles. The lowest BCUT2D eigenvalue weighted by molar-refractivity contribution is -0.840. The van der Waals surface area contributed by atoms with Gasteiger partial charge in [-0.3, -0.25) is 4.90 Å². The molecule has 4 heteroatoms. The molecular weight excluding hydrogens is 456 g/mol. The van der Waals surface area contributed by atoms with Crippen LogP contribution in [0.2, 0.25) is 0 Å². The van der Waals surface area contributed by atoms with Gasteiger partial charge in [0.2, 0.25) is 5.88 Å². The molecule has 2 aliphatic heterocycles. The molecule has 184 valence electrons. The van der Waals surface area contributed by atoms with E-state index in [0.717, 1.165) is 29.5 Å². The van der Waals surface area contributed by atoms with Gasteiger partial charge >= 0.3 is 0 Å². The van der Waals surface area contributed by atoms with Crippen LogP contribution in [0.3, 0.4) is 0 Å². The van der Waals surface area contributed by atoms with Gasteiger partial charge in [-0.1, -0.05) is 79.7 Å². The van der Waals surface area contributed by atoms with Crippen molar-refractivity contribution in [3.05, 3.63) is 121 Å². The average molecular weight is 488 g/mol. The molecule has 0 amide bonds. The predicted octanol–water partition coefficient (Wildman–Crippen LogP) is 6.59. The van der Waals surface area contributed by atoms with Crippen molar-refractivity contribution in [1.29, 1.82) is 0 Å². The van der Waals surface area contributed by atoms with Gasteiger partial charge in [0.25, 0.3) is 6.23 Å². The lowest BCUT2D eigenvalue weighted by Crippen LogP contribution is -3.07. The summed E-state index contributed by atoms with van der Waals surface area (Å²) in [6.07, 6.45) is 5.15. The number of benzene rings is 4. The molecule has 2 atom stereocenters. The first-order valence-electron chi connectivity index (χ1n) is 12.8. The highest BCUT2D eigenvalue weighted by molar-refractivity contribution is 5.76. The van der Waals surface area contributed by atoms with Gasteiger partial charge in [0.1, 0.15) is 0 Å². The maximum Gasteiger partial charge on any atom is 0.257 e. The summed E-state index contributed by atoms with van der Waals surface area (Å²) >= 11 is 0. The van der Waals surface area contributed by atoms with Crippen LogP contribution in [0.4, 0.5) is 11.4 Å². The summed E-state index contributed by atoms with van der Waals surface area (Å²) in [4.78, 5) is 3.35. The number of hydrogen-bond acceptors (Lipinski definition) is 3. The van der Waals surface area contributed by atoms with E-state index in [1.807, 2.05) is 12.1 Å². The second kappa shape index (κ2) is 9.64. The molecule has 2 aliphatic rings. The molecule has 2 heterocycles. The quantitative estimate of drug-likeness (QED) is 0.344. The number of nitrogens with zero attached hydrogens (tertiary/aromatic N) is 1. The van der Waals surface area contributed by atoms with Crippen molar-refractivity contribution < 1.29 is 14.4 Å². The number of hydrogen-bond donors (Lipinski definition) is 1. The minimum atomic E-state index is -0.0911. The number of nitrogens with one attached hydrogen (secondary N) is 1. The third kappa shape index (κ3) is 4.41. The van der Waals surface area contributed by atoms with Crippen LogP contribution in [0.1, 0.15) is 13.3 Å². The second-order valence-corrected chi connectivity index (χ2v) is 9.59. The number of rotatable bonds is 5. The minimum absolute atomic E-state index is 0.0911. The molecule has 0 aliphatic carbocycles. The molecule has 4 nitrogen and oxygen atoms in total. The Morgan fingerprint density at radius 2 is 1.43 bits per heavy atom. The van der Waals surface area contributed by atoms with Crippen molar-refractivity contribution in [2.75, 3.05) is 19.0 Å². The zero-order chi connectivity index (χ0) is 25.4. The molecule has 0 aromatic heterocycles. The van der Waals surface area contributed by atoms with Crippen molar-refractivity contribution in [2.24, 2.45) is 0 Å². The first-order valence-corrected chi connectivity index (χ1v) is 12.8. The van der Waals surface area contributed by atoms with Crippen LogP contribution < -0.4 is 19.3 Å². The summed E-state index contributed by atoms with van der Waals surface area (Å²) in [6.45, 7) is 2.17. The Kier molecular flexibility index (Phi) is 6.03. The van der Waals surface area contributed by atoms with Crippen LogP contribution in [0, 0.1) is 0 Å². The fourth-order valence-electron chi connectivity index (χ4n) is 5.01. The average Bonchev–Trinajstić information content (AvgIpc) is 3.43. The van der Waals surface area contributed by atoms with Crippen molar-refractivity contribution in [3.63, 3.8) is 0 Å².